The van der Waals surface area contributed by atoms with E-state index < -0.39 is 12.0 Å². The molecule has 166 valence electrons. The first-order valence-electron chi connectivity index (χ1n) is 11.1. The molecule has 2 heterocycles. The number of carbonyl (C=O) groups is 4. The molecule has 3 amide bonds. The molecule has 1 aromatic carbocycles. The number of benzene rings is 1. The van der Waals surface area contributed by atoms with Gasteiger partial charge in [0.2, 0.25) is 11.8 Å². The van der Waals surface area contributed by atoms with Gasteiger partial charge in [0.1, 0.15) is 6.04 Å². The van der Waals surface area contributed by atoms with Gasteiger partial charge < -0.3 is 14.5 Å². The molecule has 31 heavy (non-hydrogen) atoms. The van der Waals surface area contributed by atoms with Crippen molar-refractivity contribution in [2.75, 3.05) is 37.7 Å². The molecule has 1 aliphatic carbocycles. The summed E-state index contributed by atoms with van der Waals surface area (Å²) >= 11 is 0. The number of piperazine rings is 1. The molecule has 0 unspecified atom stereocenters. The number of ether oxygens (including phenoxy) is 1. The smallest absolute Gasteiger partial charge is 0.329 e. The number of fused-ring (bicyclic) bond motifs is 1. The van der Waals surface area contributed by atoms with Crippen LogP contribution in [0.1, 0.15) is 32.6 Å². The highest BCUT2D eigenvalue weighted by atomic mass is 16.5. The van der Waals surface area contributed by atoms with Crippen molar-refractivity contribution in [1.82, 2.24) is 9.80 Å². The number of rotatable bonds is 5. The highest BCUT2D eigenvalue weighted by molar-refractivity contribution is 6.07. The van der Waals surface area contributed by atoms with Crippen LogP contribution in [0.5, 0.6) is 0 Å². The van der Waals surface area contributed by atoms with E-state index in [2.05, 4.69) is 4.90 Å². The molecule has 3 atom stereocenters. The van der Waals surface area contributed by atoms with Crippen molar-refractivity contribution in [3.8, 4) is 0 Å². The predicted molar refractivity (Wildman–Crippen MR) is 113 cm³/mol. The molecular formula is C23H29N3O5. The highest BCUT2D eigenvalue weighted by Gasteiger charge is 2.51. The highest BCUT2D eigenvalue weighted by Crippen LogP contribution is 2.38. The molecule has 0 N–H and O–H groups in total. The van der Waals surface area contributed by atoms with E-state index in [1.807, 2.05) is 30.3 Å². The molecule has 1 aromatic rings. The van der Waals surface area contributed by atoms with Crippen LogP contribution in [0.15, 0.2) is 30.3 Å². The molecule has 0 aromatic heterocycles. The van der Waals surface area contributed by atoms with Crippen molar-refractivity contribution < 1.29 is 23.9 Å². The lowest BCUT2D eigenvalue weighted by molar-refractivity contribution is -0.161. The van der Waals surface area contributed by atoms with Crippen molar-refractivity contribution in [3.63, 3.8) is 0 Å². The van der Waals surface area contributed by atoms with Gasteiger partial charge in [0.15, 0.2) is 6.61 Å². The summed E-state index contributed by atoms with van der Waals surface area (Å²) in [7, 11) is 0. The Morgan fingerprint density at radius 3 is 2.13 bits per heavy atom. The van der Waals surface area contributed by atoms with E-state index >= 15 is 0 Å². The quantitative estimate of drug-likeness (QED) is 0.522. The maximum Gasteiger partial charge on any atom is 0.329 e. The summed E-state index contributed by atoms with van der Waals surface area (Å²) in [5.74, 6) is -2.14. The van der Waals surface area contributed by atoms with Crippen LogP contribution >= 0.6 is 0 Å². The monoisotopic (exact) mass is 427 g/mol. The Hall–Kier alpha value is -2.90. The number of anilines is 1. The summed E-state index contributed by atoms with van der Waals surface area (Å²) in [5, 5.41) is 0. The van der Waals surface area contributed by atoms with Crippen LogP contribution in [0.2, 0.25) is 0 Å². The zero-order valence-electron chi connectivity index (χ0n) is 17.9. The number of hydrogen-bond donors (Lipinski definition) is 0. The normalized spacial score (nSPS) is 24.7. The van der Waals surface area contributed by atoms with Crippen LogP contribution in [0.25, 0.3) is 0 Å². The Morgan fingerprint density at radius 2 is 1.55 bits per heavy atom. The van der Waals surface area contributed by atoms with Gasteiger partial charge in [0.25, 0.3) is 5.91 Å². The molecule has 3 aliphatic rings. The standard InChI is InChI=1S/C23H29N3O5/c1-16(26-21(28)18-9-5-6-10-19(18)22(26)29)23(30)31-15-20(27)25-13-11-24(12-14-25)17-7-3-2-4-8-17/h2-4,7-8,16,18-19H,5-6,9-15H2,1H3/t16-,18+,19+/m0/s1. The summed E-state index contributed by atoms with van der Waals surface area (Å²) in [6.45, 7) is 3.63. The van der Waals surface area contributed by atoms with Gasteiger partial charge in [-0.1, -0.05) is 31.0 Å². The first-order chi connectivity index (χ1) is 15.0. The minimum Gasteiger partial charge on any atom is -0.454 e. The summed E-state index contributed by atoms with van der Waals surface area (Å²) < 4.78 is 5.20. The second-order valence-electron chi connectivity index (χ2n) is 8.53. The van der Waals surface area contributed by atoms with E-state index in [0.29, 0.717) is 39.0 Å². The van der Waals surface area contributed by atoms with Crippen molar-refractivity contribution in [2.24, 2.45) is 11.8 Å². The lowest BCUT2D eigenvalue weighted by atomic mass is 9.81. The van der Waals surface area contributed by atoms with E-state index in [0.717, 1.165) is 23.4 Å². The van der Waals surface area contributed by atoms with E-state index in [1.54, 1.807) is 4.90 Å². The largest absolute Gasteiger partial charge is 0.454 e. The van der Waals surface area contributed by atoms with Crippen molar-refractivity contribution >= 4 is 29.4 Å². The summed E-state index contributed by atoms with van der Waals surface area (Å²) in [6.07, 6.45) is 3.25. The molecular weight excluding hydrogens is 398 g/mol. The molecule has 3 fully saturated rings. The molecule has 0 spiro atoms. The van der Waals surface area contributed by atoms with E-state index in [4.69, 9.17) is 4.74 Å². The molecule has 8 nitrogen and oxygen atoms in total. The number of carbonyl (C=O) groups excluding carboxylic acids is 4. The van der Waals surface area contributed by atoms with Gasteiger partial charge in [-0.2, -0.15) is 0 Å². The number of amides is 3. The van der Waals surface area contributed by atoms with Gasteiger partial charge in [-0.3, -0.25) is 19.3 Å². The van der Waals surface area contributed by atoms with Crippen molar-refractivity contribution in [3.05, 3.63) is 30.3 Å². The molecule has 2 aliphatic heterocycles. The number of nitrogens with zero attached hydrogens (tertiary/aromatic N) is 3. The summed E-state index contributed by atoms with van der Waals surface area (Å²) in [5.41, 5.74) is 1.12. The Bertz CT molecular complexity index is 826. The van der Waals surface area contributed by atoms with Gasteiger partial charge in [-0.25, -0.2) is 4.79 Å². The molecule has 1 saturated carbocycles. The SMILES string of the molecule is C[C@@H](C(=O)OCC(=O)N1CCN(c2ccccc2)CC1)N1C(=O)[C@@H]2CCCC[C@H]2C1=O. The topological polar surface area (TPSA) is 87.2 Å². The van der Waals surface area contributed by atoms with Crippen LogP contribution in [-0.2, 0) is 23.9 Å². The van der Waals surface area contributed by atoms with E-state index in [9.17, 15) is 19.2 Å². The number of imide groups is 1. The second-order valence-corrected chi connectivity index (χ2v) is 8.53. The number of esters is 1. The second kappa shape index (κ2) is 9.08. The third-order valence-electron chi connectivity index (χ3n) is 6.70. The third kappa shape index (κ3) is 4.29. The summed E-state index contributed by atoms with van der Waals surface area (Å²) in [4.78, 5) is 55.3. The summed E-state index contributed by atoms with van der Waals surface area (Å²) in [6, 6.07) is 9.01. The lowest BCUT2D eigenvalue weighted by Gasteiger charge is -2.36. The fraction of sp³-hybridized carbons (Fsp3) is 0.565. The number of hydrogen-bond acceptors (Lipinski definition) is 6. The third-order valence-corrected chi connectivity index (χ3v) is 6.70. The van der Waals surface area contributed by atoms with E-state index in [-0.39, 0.29) is 36.2 Å². The van der Waals surface area contributed by atoms with Crippen LogP contribution in [0.4, 0.5) is 5.69 Å². The lowest BCUT2D eigenvalue weighted by Crippen LogP contribution is -2.50. The first-order valence-corrected chi connectivity index (χ1v) is 11.1. The minimum atomic E-state index is -1.01. The van der Waals surface area contributed by atoms with Crippen LogP contribution in [0, 0.1) is 11.8 Å². The van der Waals surface area contributed by atoms with Crippen LogP contribution in [0.3, 0.4) is 0 Å². The van der Waals surface area contributed by atoms with Crippen molar-refractivity contribution in [1.29, 1.82) is 0 Å². The van der Waals surface area contributed by atoms with Gasteiger partial charge in [0, 0.05) is 31.9 Å². The first kappa shape index (κ1) is 21.3. The minimum absolute atomic E-state index is 0.263. The maximum atomic E-state index is 12.6. The average molecular weight is 428 g/mol. The maximum absolute atomic E-state index is 12.6. The molecule has 4 rings (SSSR count). The average Bonchev–Trinajstić information content (AvgIpc) is 3.07. The molecule has 2 saturated heterocycles. The Labute approximate surface area is 182 Å². The molecule has 0 radical (unpaired) electrons. The zero-order chi connectivity index (χ0) is 22.0. The van der Waals surface area contributed by atoms with Gasteiger partial charge in [-0.05, 0) is 31.9 Å². The number of likely N-dealkylation sites (tertiary alicyclic amines) is 1. The Morgan fingerprint density at radius 1 is 0.968 bits per heavy atom. The molecule has 8 heteroatoms. The van der Waals surface area contributed by atoms with Crippen LogP contribution in [-0.4, -0.2) is 72.3 Å². The van der Waals surface area contributed by atoms with Gasteiger partial charge in [-0.15, -0.1) is 0 Å². The van der Waals surface area contributed by atoms with Gasteiger partial charge >= 0.3 is 5.97 Å². The molecule has 0 bridgehead atoms. The predicted octanol–water partition coefficient (Wildman–Crippen LogP) is 1.44. The van der Waals surface area contributed by atoms with Gasteiger partial charge in [0.05, 0.1) is 11.8 Å². The number of para-hydroxylation sites is 1. The fourth-order valence-corrected chi connectivity index (χ4v) is 4.87. The Kier molecular flexibility index (Phi) is 6.25. The van der Waals surface area contributed by atoms with Crippen molar-refractivity contribution in [2.45, 2.75) is 38.6 Å². The van der Waals surface area contributed by atoms with Crippen LogP contribution < -0.4 is 4.90 Å². The fourth-order valence-electron chi connectivity index (χ4n) is 4.87. The Balaban J connectivity index is 1.26. The van der Waals surface area contributed by atoms with E-state index in [1.165, 1.54) is 6.92 Å². The zero-order valence-corrected chi connectivity index (χ0v) is 17.9.